The summed E-state index contributed by atoms with van der Waals surface area (Å²) >= 11 is 0. The SMILES string of the molecule is O=C(C1=C[C@H](c2ccc3c(c2)OCO3)C[C@H](OCCCCO)O1)N1CC1. The van der Waals surface area contributed by atoms with Crippen LogP contribution in [0.15, 0.2) is 30.0 Å². The average molecular weight is 361 g/mol. The van der Waals surface area contributed by atoms with Crippen LogP contribution < -0.4 is 9.47 Å². The molecule has 1 fully saturated rings. The molecule has 1 N–H and O–H groups in total. The van der Waals surface area contributed by atoms with Gasteiger partial charge in [0.25, 0.3) is 5.91 Å². The van der Waals surface area contributed by atoms with Crippen LogP contribution in [0.1, 0.15) is 30.7 Å². The molecule has 1 saturated heterocycles. The van der Waals surface area contributed by atoms with Crippen LogP contribution >= 0.6 is 0 Å². The minimum atomic E-state index is -0.479. The van der Waals surface area contributed by atoms with Gasteiger partial charge in [-0.25, -0.2) is 0 Å². The van der Waals surface area contributed by atoms with Crippen LogP contribution in [0.5, 0.6) is 11.5 Å². The molecule has 0 radical (unpaired) electrons. The molecule has 0 bridgehead atoms. The van der Waals surface area contributed by atoms with Gasteiger partial charge in [0.1, 0.15) is 0 Å². The molecule has 3 aliphatic rings. The number of unbranched alkanes of at least 4 members (excludes halogenated alkanes) is 1. The van der Waals surface area contributed by atoms with Crippen molar-refractivity contribution in [1.82, 2.24) is 4.90 Å². The smallest absolute Gasteiger partial charge is 0.288 e. The van der Waals surface area contributed by atoms with E-state index in [9.17, 15) is 4.79 Å². The zero-order valence-electron chi connectivity index (χ0n) is 14.6. The Morgan fingerprint density at radius 1 is 1.23 bits per heavy atom. The summed E-state index contributed by atoms with van der Waals surface area (Å²) in [6.07, 6.45) is 3.46. The van der Waals surface area contributed by atoms with E-state index in [2.05, 4.69) is 0 Å². The van der Waals surface area contributed by atoms with E-state index < -0.39 is 6.29 Å². The minimum Gasteiger partial charge on any atom is -0.459 e. The highest BCUT2D eigenvalue weighted by Crippen LogP contribution is 2.38. The lowest BCUT2D eigenvalue weighted by atomic mass is 9.92. The first-order chi connectivity index (χ1) is 12.7. The van der Waals surface area contributed by atoms with Gasteiger partial charge in [0.05, 0.1) is 6.61 Å². The highest BCUT2D eigenvalue weighted by atomic mass is 16.7. The number of allylic oxidation sites excluding steroid dienone is 1. The van der Waals surface area contributed by atoms with Crippen molar-refractivity contribution in [3.8, 4) is 11.5 Å². The summed E-state index contributed by atoms with van der Waals surface area (Å²) in [7, 11) is 0. The molecule has 140 valence electrons. The largest absolute Gasteiger partial charge is 0.459 e. The van der Waals surface area contributed by atoms with Crippen LogP contribution in [0.2, 0.25) is 0 Å². The third-order valence-electron chi connectivity index (χ3n) is 4.68. The van der Waals surface area contributed by atoms with Gasteiger partial charge >= 0.3 is 0 Å². The number of carbonyl (C=O) groups excluding carboxylic acids is 1. The van der Waals surface area contributed by atoms with Crippen molar-refractivity contribution in [3.63, 3.8) is 0 Å². The number of benzene rings is 1. The zero-order chi connectivity index (χ0) is 17.9. The van der Waals surface area contributed by atoms with Crippen LogP contribution in [0.3, 0.4) is 0 Å². The molecular weight excluding hydrogens is 338 g/mol. The molecule has 7 nitrogen and oxygen atoms in total. The van der Waals surface area contributed by atoms with Crippen molar-refractivity contribution in [3.05, 3.63) is 35.6 Å². The van der Waals surface area contributed by atoms with Crippen LogP contribution in [0, 0.1) is 0 Å². The number of nitrogens with zero attached hydrogens (tertiary/aromatic N) is 1. The lowest BCUT2D eigenvalue weighted by molar-refractivity contribution is -0.149. The van der Waals surface area contributed by atoms with E-state index >= 15 is 0 Å². The minimum absolute atomic E-state index is 0.00000758. The van der Waals surface area contributed by atoms with Crippen LogP contribution in [0.4, 0.5) is 0 Å². The van der Waals surface area contributed by atoms with E-state index in [0.29, 0.717) is 25.2 Å². The molecule has 7 heteroatoms. The molecule has 26 heavy (non-hydrogen) atoms. The third-order valence-corrected chi connectivity index (χ3v) is 4.68. The highest BCUT2D eigenvalue weighted by molar-refractivity contribution is 5.93. The normalized spacial score (nSPS) is 23.4. The Balaban J connectivity index is 1.51. The summed E-state index contributed by atoms with van der Waals surface area (Å²) in [6, 6.07) is 5.84. The molecule has 3 aliphatic heterocycles. The quantitative estimate of drug-likeness (QED) is 0.589. The van der Waals surface area contributed by atoms with Gasteiger partial charge < -0.3 is 29.0 Å². The Morgan fingerprint density at radius 2 is 2.08 bits per heavy atom. The molecule has 0 unspecified atom stereocenters. The number of aliphatic hydroxyl groups excluding tert-OH is 1. The summed E-state index contributed by atoms with van der Waals surface area (Å²) in [5, 5.41) is 8.89. The third kappa shape index (κ3) is 3.78. The second-order valence-electron chi connectivity index (χ2n) is 6.63. The molecule has 1 aromatic rings. The molecule has 4 rings (SSSR count). The lowest BCUT2D eigenvalue weighted by Crippen LogP contribution is -2.29. The number of hydrogen-bond donors (Lipinski definition) is 1. The van der Waals surface area contributed by atoms with Crippen LogP contribution in [-0.2, 0) is 14.3 Å². The summed E-state index contributed by atoms with van der Waals surface area (Å²) in [5.74, 6) is 1.73. The fraction of sp³-hybridized carbons (Fsp3) is 0.526. The summed E-state index contributed by atoms with van der Waals surface area (Å²) in [4.78, 5) is 14.2. The zero-order valence-corrected chi connectivity index (χ0v) is 14.6. The maximum Gasteiger partial charge on any atom is 0.288 e. The van der Waals surface area contributed by atoms with Gasteiger partial charge in [-0.1, -0.05) is 6.07 Å². The first kappa shape index (κ1) is 17.2. The van der Waals surface area contributed by atoms with Crippen molar-refractivity contribution in [2.75, 3.05) is 33.1 Å². The van der Waals surface area contributed by atoms with E-state index in [1.54, 1.807) is 4.90 Å². The van der Waals surface area contributed by atoms with Gasteiger partial charge in [-0.15, -0.1) is 0 Å². The fourth-order valence-electron chi connectivity index (χ4n) is 3.12. The van der Waals surface area contributed by atoms with Crippen molar-refractivity contribution in [2.24, 2.45) is 0 Å². The number of ether oxygens (including phenoxy) is 4. The maximum absolute atomic E-state index is 12.4. The molecular formula is C19H23NO6. The Morgan fingerprint density at radius 3 is 2.88 bits per heavy atom. The Kier molecular flexibility index (Phi) is 4.99. The van der Waals surface area contributed by atoms with Crippen LogP contribution in [0.25, 0.3) is 0 Å². The maximum atomic E-state index is 12.4. The van der Waals surface area contributed by atoms with Gasteiger partial charge in [-0.2, -0.15) is 0 Å². The van der Waals surface area contributed by atoms with Crippen molar-refractivity contribution in [2.45, 2.75) is 31.5 Å². The van der Waals surface area contributed by atoms with Gasteiger partial charge in [-0.3, -0.25) is 4.79 Å². The van der Waals surface area contributed by atoms with Gasteiger partial charge in [0, 0.05) is 32.0 Å². The van der Waals surface area contributed by atoms with Gasteiger partial charge in [0.2, 0.25) is 13.1 Å². The molecule has 1 aromatic carbocycles. The molecule has 2 atom stereocenters. The predicted octanol–water partition coefficient (Wildman–Crippen LogP) is 1.76. The molecule has 3 heterocycles. The fourth-order valence-corrected chi connectivity index (χ4v) is 3.12. The number of aliphatic hydroxyl groups is 1. The first-order valence-electron chi connectivity index (χ1n) is 9.04. The van der Waals surface area contributed by atoms with Gasteiger partial charge in [-0.05, 0) is 36.6 Å². The second-order valence-corrected chi connectivity index (χ2v) is 6.63. The Bertz CT molecular complexity index is 699. The van der Waals surface area contributed by atoms with Crippen molar-refractivity contribution in [1.29, 1.82) is 0 Å². The van der Waals surface area contributed by atoms with E-state index in [-0.39, 0.29) is 25.2 Å². The molecule has 0 aromatic heterocycles. The van der Waals surface area contributed by atoms with E-state index in [0.717, 1.165) is 36.6 Å². The van der Waals surface area contributed by atoms with E-state index in [4.69, 9.17) is 24.1 Å². The highest BCUT2D eigenvalue weighted by Gasteiger charge is 2.34. The average Bonchev–Trinajstić information content (AvgIpc) is 3.41. The number of carbonyl (C=O) groups is 1. The molecule has 0 saturated carbocycles. The standard InChI is InChI=1S/C19H23NO6/c21-7-1-2-8-23-18-11-14(10-17(26-18)19(22)20-5-6-20)13-3-4-15-16(9-13)25-12-24-15/h3-4,9-10,14,18,21H,1-2,5-8,11-12H2/t14-,18+/m0/s1. The summed E-state index contributed by atoms with van der Waals surface area (Å²) in [6.45, 7) is 2.42. The molecule has 1 amide bonds. The van der Waals surface area contributed by atoms with Crippen molar-refractivity contribution >= 4 is 5.91 Å². The number of fused-ring (bicyclic) bond motifs is 1. The van der Waals surface area contributed by atoms with E-state index in [1.165, 1.54) is 0 Å². The van der Waals surface area contributed by atoms with E-state index in [1.807, 2.05) is 24.3 Å². The van der Waals surface area contributed by atoms with Crippen LogP contribution in [-0.4, -0.2) is 55.3 Å². The lowest BCUT2D eigenvalue weighted by Gasteiger charge is -2.29. The topological polar surface area (TPSA) is 77.2 Å². The Labute approximate surface area is 152 Å². The Hall–Kier alpha value is -2.25. The second kappa shape index (κ2) is 7.55. The number of amides is 1. The number of rotatable bonds is 7. The number of hydrogen-bond acceptors (Lipinski definition) is 6. The summed E-state index contributed by atoms with van der Waals surface area (Å²) < 4.78 is 22.4. The van der Waals surface area contributed by atoms with Crippen molar-refractivity contribution < 1.29 is 28.8 Å². The monoisotopic (exact) mass is 361 g/mol. The molecule has 0 spiro atoms. The first-order valence-corrected chi connectivity index (χ1v) is 9.04. The summed E-state index contributed by atoms with van der Waals surface area (Å²) in [5.41, 5.74) is 1.04. The predicted molar refractivity (Wildman–Crippen MR) is 91.7 cm³/mol. The van der Waals surface area contributed by atoms with Gasteiger partial charge in [0.15, 0.2) is 17.3 Å². The molecule has 0 aliphatic carbocycles.